The summed E-state index contributed by atoms with van der Waals surface area (Å²) in [6.07, 6.45) is 6.27. The molecule has 2 aliphatic rings. The highest BCUT2D eigenvalue weighted by Crippen LogP contribution is 2.34. The summed E-state index contributed by atoms with van der Waals surface area (Å²) in [5.41, 5.74) is 3.35. The molecule has 1 aliphatic heterocycles. The number of fused-ring (bicyclic) bond motifs is 1. The van der Waals surface area contributed by atoms with Crippen molar-refractivity contribution in [1.29, 1.82) is 0 Å². The minimum Gasteiger partial charge on any atom is -0.493 e. The van der Waals surface area contributed by atoms with Crippen LogP contribution < -0.4 is 14.8 Å². The van der Waals surface area contributed by atoms with Crippen molar-refractivity contribution >= 4 is 5.91 Å². The van der Waals surface area contributed by atoms with Crippen LogP contribution in [0.2, 0.25) is 0 Å². The largest absolute Gasteiger partial charge is 0.493 e. The van der Waals surface area contributed by atoms with Crippen molar-refractivity contribution in [3.05, 3.63) is 53.1 Å². The fourth-order valence-electron chi connectivity index (χ4n) is 4.06. The van der Waals surface area contributed by atoms with Crippen LogP contribution in [0, 0.1) is 0 Å². The van der Waals surface area contributed by atoms with E-state index in [1.54, 1.807) is 32.4 Å². The van der Waals surface area contributed by atoms with E-state index in [2.05, 4.69) is 22.3 Å². The quantitative estimate of drug-likeness (QED) is 0.857. The zero-order chi connectivity index (χ0) is 19.5. The summed E-state index contributed by atoms with van der Waals surface area (Å²) in [7, 11) is 3.20. The van der Waals surface area contributed by atoms with Crippen molar-refractivity contribution in [1.82, 2.24) is 10.2 Å². The Balaban J connectivity index is 1.50. The zero-order valence-electron chi connectivity index (χ0n) is 16.7. The number of carbonyl (C=O) groups excluding carboxylic acids is 1. The van der Waals surface area contributed by atoms with Crippen LogP contribution in [0.1, 0.15) is 40.7 Å². The van der Waals surface area contributed by atoms with E-state index < -0.39 is 0 Å². The first-order valence-corrected chi connectivity index (χ1v) is 10.1. The van der Waals surface area contributed by atoms with Gasteiger partial charge in [0.1, 0.15) is 5.75 Å². The van der Waals surface area contributed by atoms with E-state index in [9.17, 15) is 4.79 Å². The van der Waals surface area contributed by atoms with E-state index in [0.717, 1.165) is 37.7 Å². The van der Waals surface area contributed by atoms with E-state index in [-0.39, 0.29) is 5.91 Å². The molecule has 1 heterocycles. The van der Waals surface area contributed by atoms with Crippen LogP contribution >= 0.6 is 0 Å². The van der Waals surface area contributed by atoms with Crippen molar-refractivity contribution in [3.63, 3.8) is 0 Å². The van der Waals surface area contributed by atoms with Gasteiger partial charge >= 0.3 is 0 Å². The predicted octanol–water partition coefficient (Wildman–Crippen LogP) is 3.80. The number of hydrogen-bond acceptors (Lipinski definition) is 4. The lowest BCUT2D eigenvalue weighted by molar-refractivity contribution is 0.0962. The number of nitrogens with zero attached hydrogens (tertiary/aromatic N) is 1. The number of ether oxygens (including phenoxy) is 2. The predicted molar refractivity (Wildman–Crippen MR) is 110 cm³/mol. The van der Waals surface area contributed by atoms with Gasteiger partial charge in [0.05, 0.1) is 7.11 Å². The van der Waals surface area contributed by atoms with Crippen molar-refractivity contribution in [2.45, 2.75) is 38.1 Å². The maximum absolute atomic E-state index is 11.8. The SMILES string of the molecule is CNC(=O)c1ccc(Oc2ccc3c(c2)CCN(C2CCC2)CC3)c(OC)c1. The Morgan fingerprint density at radius 1 is 1.04 bits per heavy atom. The molecule has 5 heteroatoms. The highest BCUT2D eigenvalue weighted by molar-refractivity contribution is 5.94. The Labute approximate surface area is 166 Å². The molecule has 1 amide bonds. The molecule has 148 valence electrons. The van der Waals surface area contributed by atoms with Gasteiger partial charge < -0.3 is 14.8 Å². The molecule has 1 N–H and O–H groups in total. The molecule has 0 spiro atoms. The minimum absolute atomic E-state index is 0.147. The number of nitrogens with one attached hydrogen (secondary N) is 1. The Kier molecular flexibility index (Phi) is 5.53. The number of benzene rings is 2. The molecule has 1 fully saturated rings. The molecular weight excluding hydrogens is 352 g/mol. The second-order valence-electron chi connectivity index (χ2n) is 7.60. The standard InChI is InChI=1S/C23H28N2O3/c1-24-23(26)18-7-9-21(22(15-18)27-2)28-20-8-6-16-10-12-25(19-4-3-5-19)13-11-17(16)14-20/h6-9,14-15,19H,3-5,10-13H2,1-2H3,(H,24,26). The summed E-state index contributed by atoms with van der Waals surface area (Å²) < 4.78 is 11.5. The molecule has 0 aromatic heterocycles. The van der Waals surface area contributed by atoms with Gasteiger partial charge in [0.25, 0.3) is 5.91 Å². The highest BCUT2D eigenvalue weighted by Gasteiger charge is 2.26. The number of hydrogen-bond donors (Lipinski definition) is 1. The molecule has 0 bridgehead atoms. The van der Waals surface area contributed by atoms with Crippen LogP contribution in [0.3, 0.4) is 0 Å². The third-order valence-corrected chi connectivity index (χ3v) is 5.99. The van der Waals surface area contributed by atoms with Gasteiger partial charge in [-0.1, -0.05) is 12.5 Å². The summed E-state index contributed by atoms with van der Waals surface area (Å²) in [4.78, 5) is 14.5. The lowest BCUT2D eigenvalue weighted by Crippen LogP contribution is -2.41. The van der Waals surface area contributed by atoms with E-state index in [1.165, 1.54) is 30.4 Å². The molecule has 1 aliphatic carbocycles. The number of rotatable bonds is 5. The molecule has 4 rings (SSSR count). The summed E-state index contributed by atoms with van der Waals surface area (Å²) in [5.74, 6) is 1.82. The van der Waals surface area contributed by atoms with Crippen molar-refractivity contribution in [2.24, 2.45) is 0 Å². The van der Waals surface area contributed by atoms with Crippen LogP contribution in [-0.4, -0.2) is 44.1 Å². The first-order chi connectivity index (χ1) is 13.7. The van der Waals surface area contributed by atoms with E-state index >= 15 is 0 Å². The van der Waals surface area contributed by atoms with E-state index in [0.29, 0.717) is 17.1 Å². The first kappa shape index (κ1) is 18.8. The third kappa shape index (κ3) is 3.85. The van der Waals surface area contributed by atoms with Gasteiger partial charge in [-0.3, -0.25) is 9.69 Å². The topological polar surface area (TPSA) is 50.8 Å². The van der Waals surface area contributed by atoms with Crippen LogP contribution in [-0.2, 0) is 12.8 Å². The van der Waals surface area contributed by atoms with Gasteiger partial charge in [-0.25, -0.2) is 0 Å². The van der Waals surface area contributed by atoms with Crippen molar-refractivity contribution in [2.75, 3.05) is 27.2 Å². The Bertz CT molecular complexity index is 861. The third-order valence-electron chi connectivity index (χ3n) is 5.99. The number of carbonyl (C=O) groups is 1. The molecule has 28 heavy (non-hydrogen) atoms. The zero-order valence-corrected chi connectivity index (χ0v) is 16.7. The average Bonchev–Trinajstić information content (AvgIpc) is 2.89. The first-order valence-electron chi connectivity index (χ1n) is 10.1. The lowest BCUT2D eigenvalue weighted by Gasteiger charge is -2.36. The molecule has 5 nitrogen and oxygen atoms in total. The van der Waals surface area contributed by atoms with Crippen molar-refractivity contribution in [3.8, 4) is 17.2 Å². The summed E-state index contributed by atoms with van der Waals surface area (Å²) in [6, 6.07) is 12.4. The molecule has 1 saturated carbocycles. The van der Waals surface area contributed by atoms with Crippen LogP contribution in [0.25, 0.3) is 0 Å². The van der Waals surface area contributed by atoms with E-state index in [4.69, 9.17) is 9.47 Å². The maximum Gasteiger partial charge on any atom is 0.251 e. The Morgan fingerprint density at radius 2 is 1.82 bits per heavy atom. The number of amides is 1. The fourth-order valence-corrected chi connectivity index (χ4v) is 4.06. The molecule has 2 aromatic rings. The Hall–Kier alpha value is -2.53. The minimum atomic E-state index is -0.147. The van der Waals surface area contributed by atoms with Crippen LogP contribution in [0.15, 0.2) is 36.4 Å². The Morgan fingerprint density at radius 3 is 2.50 bits per heavy atom. The smallest absolute Gasteiger partial charge is 0.251 e. The maximum atomic E-state index is 11.8. The van der Waals surface area contributed by atoms with Gasteiger partial charge in [0, 0.05) is 31.7 Å². The summed E-state index contributed by atoms with van der Waals surface area (Å²) in [5, 5.41) is 2.62. The van der Waals surface area contributed by atoms with Gasteiger partial charge in [-0.15, -0.1) is 0 Å². The van der Waals surface area contributed by atoms with Gasteiger partial charge in [-0.05, 0) is 67.1 Å². The normalized spacial score (nSPS) is 17.2. The van der Waals surface area contributed by atoms with Gasteiger partial charge in [0.15, 0.2) is 11.5 Å². The summed E-state index contributed by atoms with van der Waals surface area (Å²) >= 11 is 0. The van der Waals surface area contributed by atoms with Gasteiger partial charge in [-0.2, -0.15) is 0 Å². The molecule has 0 atom stereocenters. The van der Waals surface area contributed by atoms with Crippen molar-refractivity contribution < 1.29 is 14.3 Å². The number of methoxy groups -OCH3 is 1. The monoisotopic (exact) mass is 380 g/mol. The molecule has 0 saturated heterocycles. The molecule has 0 unspecified atom stereocenters. The average molecular weight is 380 g/mol. The van der Waals surface area contributed by atoms with Crippen LogP contribution in [0.4, 0.5) is 0 Å². The fraction of sp³-hybridized carbons (Fsp3) is 0.435. The second-order valence-corrected chi connectivity index (χ2v) is 7.60. The lowest BCUT2D eigenvalue weighted by atomic mass is 9.91. The molecule has 0 radical (unpaired) electrons. The molecule has 2 aromatic carbocycles. The second kappa shape index (κ2) is 8.23. The summed E-state index contributed by atoms with van der Waals surface area (Å²) in [6.45, 7) is 2.29. The van der Waals surface area contributed by atoms with E-state index in [1.807, 2.05) is 6.07 Å². The molecular formula is C23H28N2O3. The van der Waals surface area contributed by atoms with Crippen LogP contribution in [0.5, 0.6) is 17.2 Å². The highest BCUT2D eigenvalue weighted by atomic mass is 16.5. The van der Waals surface area contributed by atoms with Gasteiger partial charge in [0.2, 0.25) is 0 Å².